The predicted octanol–water partition coefficient (Wildman–Crippen LogP) is 14.2. The van der Waals surface area contributed by atoms with Crippen LogP contribution in [0.2, 0.25) is 0 Å². The van der Waals surface area contributed by atoms with Gasteiger partial charge in [-0.15, -0.1) is 5.73 Å². The predicted molar refractivity (Wildman–Crippen MR) is 245 cm³/mol. The Hall–Kier alpha value is -7.91. The summed E-state index contributed by atoms with van der Waals surface area (Å²) in [6.45, 7) is 2.12. The van der Waals surface area contributed by atoms with Crippen LogP contribution in [0, 0.1) is 6.92 Å². The van der Waals surface area contributed by atoms with Gasteiger partial charge in [-0.05, 0) is 93.0 Å². The average Bonchev–Trinajstić information content (AvgIpc) is 3.70. The van der Waals surface area contributed by atoms with Crippen molar-refractivity contribution in [1.82, 2.24) is 15.0 Å². The molecule has 4 nitrogen and oxygen atoms in total. The largest absolute Gasteiger partial charge is 0.460 e. The van der Waals surface area contributed by atoms with Gasteiger partial charge in [0.2, 0.25) is 0 Å². The number of hydrogen-bond acceptors (Lipinski definition) is 4. The van der Waals surface area contributed by atoms with Crippen LogP contribution >= 0.6 is 0 Å². The van der Waals surface area contributed by atoms with Crippen molar-refractivity contribution < 1.29 is 4.42 Å². The number of nitrogens with zero attached hydrogens (tertiary/aromatic N) is 3. The van der Waals surface area contributed by atoms with E-state index in [1.807, 2.05) is 30.3 Å². The normalized spacial score (nSPS) is 12.1. The molecule has 2 heterocycles. The zero-order valence-corrected chi connectivity index (χ0v) is 32.9. The van der Waals surface area contributed by atoms with E-state index in [4.69, 9.17) is 19.4 Å². The molecule has 0 aliphatic heterocycles. The van der Waals surface area contributed by atoms with Crippen molar-refractivity contribution in [1.29, 1.82) is 0 Å². The molecule has 0 unspecified atom stereocenters. The summed E-state index contributed by atoms with van der Waals surface area (Å²) in [5.41, 5.74) is 18.6. The third-order valence-electron chi connectivity index (χ3n) is 11.4. The molecule has 0 spiro atoms. The van der Waals surface area contributed by atoms with E-state index in [1.165, 1.54) is 33.0 Å². The summed E-state index contributed by atoms with van der Waals surface area (Å²) >= 11 is 0. The van der Waals surface area contributed by atoms with Gasteiger partial charge in [-0.3, -0.25) is 0 Å². The Labute approximate surface area is 348 Å². The second-order valence-corrected chi connectivity index (χ2v) is 15.3. The lowest BCUT2D eigenvalue weighted by molar-refractivity contribution is 0.563. The van der Waals surface area contributed by atoms with Gasteiger partial charge >= 0.3 is 0 Å². The zero-order valence-electron chi connectivity index (χ0n) is 32.9. The lowest BCUT2D eigenvalue weighted by Crippen LogP contribution is -2.00. The van der Waals surface area contributed by atoms with Gasteiger partial charge < -0.3 is 4.42 Å². The monoisotopic (exact) mass is 767 g/mol. The first kappa shape index (κ1) is 35.3. The van der Waals surface area contributed by atoms with Crippen LogP contribution in [0.1, 0.15) is 22.5 Å². The second kappa shape index (κ2) is 14.8. The van der Waals surface area contributed by atoms with Crippen LogP contribution in [-0.4, -0.2) is 15.0 Å². The van der Waals surface area contributed by atoms with Gasteiger partial charge in [0.1, 0.15) is 11.3 Å². The minimum absolute atomic E-state index is 0.610. The van der Waals surface area contributed by atoms with Gasteiger partial charge in [0.25, 0.3) is 0 Å². The molecule has 0 saturated heterocycles. The molecule has 60 heavy (non-hydrogen) atoms. The van der Waals surface area contributed by atoms with Gasteiger partial charge in [-0.1, -0.05) is 163 Å². The molecule has 282 valence electrons. The molecule has 1 aliphatic carbocycles. The van der Waals surface area contributed by atoms with Crippen LogP contribution in [0.15, 0.2) is 204 Å². The number of rotatable bonds is 7. The molecule has 0 saturated carbocycles. The fourth-order valence-electron chi connectivity index (χ4n) is 8.42. The number of furan rings is 1. The van der Waals surface area contributed by atoms with Crippen molar-refractivity contribution in [3.05, 3.63) is 222 Å². The zero-order chi connectivity index (χ0) is 40.0. The summed E-state index contributed by atoms with van der Waals surface area (Å²) in [5, 5.41) is 3.49. The van der Waals surface area contributed by atoms with Crippen molar-refractivity contribution in [2.24, 2.45) is 0 Å². The molecule has 10 aromatic rings. The van der Waals surface area contributed by atoms with Gasteiger partial charge in [0.15, 0.2) is 17.5 Å². The highest BCUT2D eigenvalue weighted by Crippen LogP contribution is 2.40. The van der Waals surface area contributed by atoms with Crippen molar-refractivity contribution in [3.8, 4) is 67.5 Å². The fourth-order valence-corrected chi connectivity index (χ4v) is 8.42. The van der Waals surface area contributed by atoms with E-state index in [0.29, 0.717) is 23.9 Å². The molecule has 8 aromatic carbocycles. The highest BCUT2D eigenvalue weighted by atomic mass is 16.3. The van der Waals surface area contributed by atoms with E-state index in [2.05, 4.69) is 176 Å². The molecule has 0 amide bonds. The number of fused-ring (bicyclic) bond motifs is 4. The van der Waals surface area contributed by atoms with E-state index in [0.717, 1.165) is 66.8 Å². The topological polar surface area (TPSA) is 51.8 Å². The second-order valence-electron chi connectivity index (χ2n) is 15.3. The SMILES string of the molecule is Cc1cccc(-c2ccc3c4c(oc3c2)CC=C=C4c2ccc(-c3nc(-c4ccccc4)nc(-c4cccc(-c5cc(-c6ccccc6)cc6ccccc56)c4)n3)cc2)c1. The quantitative estimate of drug-likeness (QED) is 0.152. The van der Waals surface area contributed by atoms with E-state index in [-0.39, 0.29) is 0 Å². The first-order chi connectivity index (χ1) is 29.6. The van der Waals surface area contributed by atoms with E-state index >= 15 is 0 Å². The maximum atomic E-state index is 6.50. The molecule has 0 atom stereocenters. The third kappa shape index (κ3) is 6.52. The lowest BCUT2D eigenvalue weighted by atomic mass is 9.91. The smallest absolute Gasteiger partial charge is 0.164 e. The Bertz CT molecular complexity index is 3320. The molecule has 4 heteroatoms. The maximum absolute atomic E-state index is 6.50. The van der Waals surface area contributed by atoms with Crippen LogP contribution in [0.3, 0.4) is 0 Å². The Morgan fingerprint density at radius 3 is 1.82 bits per heavy atom. The maximum Gasteiger partial charge on any atom is 0.164 e. The van der Waals surface area contributed by atoms with Crippen molar-refractivity contribution >= 4 is 27.3 Å². The van der Waals surface area contributed by atoms with Crippen LogP contribution < -0.4 is 0 Å². The first-order valence-electron chi connectivity index (χ1n) is 20.3. The van der Waals surface area contributed by atoms with Crippen LogP contribution in [0.4, 0.5) is 0 Å². The molecule has 1 aliphatic rings. The van der Waals surface area contributed by atoms with Crippen LogP contribution in [-0.2, 0) is 6.42 Å². The molecule has 0 fully saturated rings. The molecular weight excluding hydrogens is 731 g/mol. The van der Waals surface area contributed by atoms with Gasteiger partial charge in [0.05, 0.1) is 0 Å². The summed E-state index contributed by atoms with van der Waals surface area (Å²) in [6, 6.07) is 66.0. The Morgan fingerprint density at radius 1 is 0.433 bits per heavy atom. The van der Waals surface area contributed by atoms with E-state index < -0.39 is 0 Å². The summed E-state index contributed by atoms with van der Waals surface area (Å²) in [6.07, 6.45) is 2.77. The summed E-state index contributed by atoms with van der Waals surface area (Å²) in [7, 11) is 0. The van der Waals surface area contributed by atoms with Crippen molar-refractivity contribution in [2.75, 3.05) is 0 Å². The molecule has 0 bridgehead atoms. The van der Waals surface area contributed by atoms with Crippen molar-refractivity contribution in [2.45, 2.75) is 13.3 Å². The number of benzene rings is 8. The van der Waals surface area contributed by atoms with Gasteiger partial charge in [0, 0.05) is 39.6 Å². The summed E-state index contributed by atoms with van der Waals surface area (Å²) < 4.78 is 6.50. The Balaban J connectivity index is 0.974. The fraction of sp³-hybridized carbons (Fsp3) is 0.0357. The van der Waals surface area contributed by atoms with Crippen LogP contribution in [0.5, 0.6) is 0 Å². The van der Waals surface area contributed by atoms with Crippen molar-refractivity contribution in [3.63, 3.8) is 0 Å². The standard InChI is InChI=1S/C56H37N3O/c1-36-13-10-19-41(31-36)42-29-30-49-52(35-42)60-51-24-12-23-48(53(49)51)38-25-27-40(28-26-38)55-57-54(39-16-6-3-7-17-39)58-56(59-55)45-21-11-20-44(32-45)50-34-46(37-14-4-2-5-15-37)33-43-18-8-9-22-47(43)50/h2-22,25-35H,24H2,1H3. The number of aromatic nitrogens is 3. The molecule has 0 radical (unpaired) electrons. The van der Waals surface area contributed by atoms with E-state index in [9.17, 15) is 0 Å². The van der Waals surface area contributed by atoms with Gasteiger partial charge in [-0.2, -0.15) is 0 Å². The number of allylic oxidation sites excluding steroid dienone is 1. The Morgan fingerprint density at radius 2 is 1.03 bits per heavy atom. The lowest BCUT2D eigenvalue weighted by Gasteiger charge is -2.13. The highest BCUT2D eigenvalue weighted by molar-refractivity contribution is 6.01. The highest BCUT2D eigenvalue weighted by Gasteiger charge is 2.22. The molecule has 0 N–H and O–H groups in total. The van der Waals surface area contributed by atoms with Crippen LogP contribution in [0.25, 0.3) is 94.9 Å². The summed E-state index contributed by atoms with van der Waals surface area (Å²) in [5.74, 6) is 2.81. The Kier molecular flexibility index (Phi) is 8.69. The first-order valence-corrected chi connectivity index (χ1v) is 20.3. The minimum atomic E-state index is 0.610. The number of aryl methyl sites for hydroxylation is 1. The molecule has 2 aromatic heterocycles. The average molecular weight is 768 g/mol. The molecule has 11 rings (SSSR count). The molecular formula is C56H37N3O. The van der Waals surface area contributed by atoms with Gasteiger partial charge in [-0.25, -0.2) is 15.0 Å². The summed E-state index contributed by atoms with van der Waals surface area (Å²) in [4.78, 5) is 15.3. The third-order valence-corrected chi connectivity index (χ3v) is 11.4. The number of hydrogen-bond donors (Lipinski definition) is 0. The minimum Gasteiger partial charge on any atom is -0.460 e. The van der Waals surface area contributed by atoms with E-state index in [1.54, 1.807) is 0 Å².